The van der Waals surface area contributed by atoms with E-state index in [1.54, 1.807) is 19.1 Å². The number of rotatable bonds is 5. The van der Waals surface area contributed by atoms with Crippen LogP contribution in [0.2, 0.25) is 0 Å². The van der Waals surface area contributed by atoms with E-state index in [9.17, 15) is 4.79 Å². The van der Waals surface area contributed by atoms with E-state index in [1.807, 2.05) is 43.3 Å². The average molecular weight is 323 g/mol. The molecule has 1 N–H and O–H groups in total. The van der Waals surface area contributed by atoms with E-state index in [-0.39, 0.29) is 5.91 Å². The summed E-state index contributed by atoms with van der Waals surface area (Å²) in [6.45, 7) is 3.69. The largest absolute Gasteiger partial charge is 0.481 e. The minimum Gasteiger partial charge on any atom is -0.481 e. The third kappa shape index (κ3) is 3.75. The van der Waals surface area contributed by atoms with Crippen molar-refractivity contribution in [2.24, 2.45) is 0 Å². The molecule has 7 nitrogen and oxygen atoms in total. The van der Waals surface area contributed by atoms with Gasteiger partial charge in [0.1, 0.15) is 12.1 Å². The molecule has 0 aliphatic carbocycles. The second kappa shape index (κ2) is 6.91. The highest BCUT2D eigenvalue weighted by atomic mass is 16.5. The fourth-order valence-corrected chi connectivity index (χ4v) is 2.20. The van der Waals surface area contributed by atoms with Crippen LogP contribution in [0.5, 0.6) is 5.75 Å². The number of aryl methyl sites for hydroxylation is 1. The Morgan fingerprint density at radius 3 is 2.79 bits per heavy atom. The molecule has 7 heteroatoms. The highest BCUT2D eigenvalue weighted by Crippen LogP contribution is 2.16. The Morgan fingerprint density at radius 1 is 1.21 bits per heavy atom. The lowest BCUT2D eigenvalue weighted by atomic mass is 10.2. The highest BCUT2D eigenvalue weighted by molar-refractivity contribution is 5.94. The van der Waals surface area contributed by atoms with Crippen LogP contribution in [0, 0.1) is 6.92 Å². The number of nitrogens with zero attached hydrogens (tertiary/aromatic N) is 4. The van der Waals surface area contributed by atoms with E-state index in [1.165, 1.54) is 11.0 Å². The van der Waals surface area contributed by atoms with Gasteiger partial charge in [-0.3, -0.25) is 4.79 Å². The summed E-state index contributed by atoms with van der Waals surface area (Å²) in [7, 11) is 0. The van der Waals surface area contributed by atoms with E-state index in [0.29, 0.717) is 11.4 Å². The number of aromatic nitrogens is 4. The molecule has 1 atom stereocenters. The number of amides is 1. The topological polar surface area (TPSA) is 81.9 Å². The van der Waals surface area contributed by atoms with Crippen molar-refractivity contribution in [3.63, 3.8) is 0 Å². The Hall–Kier alpha value is -3.22. The number of anilines is 1. The number of carbonyl (C=O) groups is 1. The van der Waals surface area contributed by atoms with Crippen LogP contribution in [0.3, 0.4) is 0 Å². The van der Waals surface area contributed by atoms with Crippen LogP contribution >= 0.6 is 0 Å². The predicted octanol–water partition coefficient (Wildman–Crippen LogP) is 2.38. The molecule has 0 saturated carbocycles. The van der Waals surface area contributed by atoms with Crippen molar-refractivity contribution >= 4 is 11.6 Å². The minimum absolute atomic E-state index is 0.231. The fourth-order valence-electron chi connectivity index (χ4n) is 2.20. The zero-order valence-electron chi connectivity index (χ0n) is 13.4. The third-order valence-corrected chi connectivity index (χ3v) is 3.40. The molecule has 0 aliphatic heterocycles. The van der Waals surface area contributed by atoms with Gasteiger partial charge in [-0.1, -0.05) is 18.2 Å². The van der Waals surface area contributed by atoms with Crippen LogP contribution in [-0.4, -0.2) is 32.2 Å². The Bertz CT molecular complexity index is 833. The second-order valence-corrected chi connectivity index (χ2v) is 5.37. The third-order valence-electron chi connectivity index (χ3n) is 3.40. The molecule has 0 spiro atoms. The average Bonchev–Trinajstić information content (AvgIpc) is 3.09. The first-order valence-electron chi connectivity index (χ1n) is 7.49. The molecule has 0 saturated heterocycles. The summed E-state index contributed by atoms with van der Waals surface area (Å²) in [6.07, 6.45) is 0.869. The Kier molecular flexibility index (Phi) is 4.51. The molecule has 3 aromatic rings. The first-order chi connectivity index (χ1) is 11.6. The summed E-state index contributed by atoms with van der Waals surface area (Å²) in [5.74, 6) is 0.436. The predicted molar refractivity (Wildman–Crippen MR) is 89.1 cm³/mol. The summed E-state index contributed by atoms with van der Waals surface area (Å²) in [5.41, 5.74) is 2.48. The van der Waals surface area contributed by atoms with Crippen LogP contribution in [0.25, 0.3) is 5.69 Å². The highest BCUT2D eigenvalue weighted by Gasteiger charge is 2.15. The van der Waals surface area contributed by atoms with Gasteiger partial charge in [0.15, 0.2) is 6.10 Å². The molecule has 1 aromatic heterocycles. The molecule has 1 amide bonds. The molecule has 0 unspecified atom stereocenters. The van der Waals surface area contributed by atoms with Crippen molar-refractivity contribution in [1.29, 1.82) is 0 Å². The number of nitrogens with one attached hydrogen (secondary N) is 1. The van der Waals surface area contributed by atoms with Crippen LogP contribution in [0.1, 0.15) is 12.5 Å². The monoisotopic (exact) mass is 323 g/mol. The number of hydrogen-bond acceptors (Lipinski definition) is 5. The Labute approximate surface area is 139 Å². The molecular weight excluding hydrogens is 306 g/mol. The molecule has 122 valence electrons. The van der Waals surface area contributed by atoms with Gasteiger partial charge in [-0.05, 0) is 60.2 Å². The van der Waals surface area contributed by atoms with E-state index < -0.39 is 6.10 Å². The molecule has 0 radical (unpaired) electrons. The second-order valence-electron chi connectivity index (χ2n) is 5.37. The fraction of sp³-hybridized carbons (Fsp3) is 0.176. The van der Waals surface area contributed by atoms with E-state index in [0.717, 1.165) is 11.3 Å². The molecule has 1 heterocycles. The molecule has 3 rings (SSSR count). The number of carbonyl (C=O) groups excluding carboxylic acids is 1. The molecule has 0 aliphatic rings. The van der Waals surface area contributed by atoms with Crippen molar-refractivity contribution in [3.05, 3.63) is 60.4 Å². The van der Waals surface area contributed by atoms with Crippen molar-refractivity contribution < 1.29 is 9.53 Å². The summed E-state index contributed by atoms with van der Waals surface area (Å²) >= 11 is 0. The van der Waals surface area contributed by atoms with Crippen LogP contribution in [0.15, 0.2) is 54.9 Å². The van der Waals surface area contributed by atoms with Gasteiger partial charge in [0.25, 0.3) is 5.91 Å². The summed E-state index contributed by atoms with van der Waals surface area (Å²) in [4.78, 5) is 12.3. The Morgan fingerprint density at radius 2 is 2.04 bits per heavy atom. The van der Waals surface area contributed by atoms with Crippen molar-refractivity contribution in [1.82, 2.24) is 20.2 Å². The maximum atomic E-state index is 12.3. The maximum absolute atomic E-state index is 12.3. The minimum atomic E-state index is -0.622. The lowest BCUT2D eigenvalue weighted by molar-refractivity contribution is -0.122. The molecule has 24 heavy (non-hydrogen) atoms. The summed E-state index contributed by atoms with van der Waals surface area (Å²) in [6, 6.07) is 14.8. The zero-order chi connectivity index (χ0) is 16.9. The van der Waals surface area contributed by atoms with Gasteiger partial charge in [-0.2, -0.15) is 0 Å². The quantitative estimate of drug-likeness (QED) is 0.779. The van der Waals surface area contributed by atoms with Gasteiger partial charge in [-0.15, -0.1) is 5.10 Å². The van der Waals surface area contributed by atoms with E-state index in [2.05, 4.69) is 20.8 Å². The van der Waals surface area contributed by atoms with E-state index >= 15 is 0 Å². The lowest BCUT2D eigenvalue weighted by Crippen LogP contribution is -2.30. The van der Waals surface area contributed by atoms with Gasteiger partial charge in [-0.25, -0.2) is 4.68 Å². The Balaban J connectivity index is 1.67. The van der Waals surface area contributed by atoms with Crippen LogP contribution in [-0.2, 0) is 4.79 Å². The van der Waals surface area contributed by atoms with Crippen molar-refractivity contribution in [2.75, 3.05) is 5.32 Å². The number of hydrogen-bond donors (Lipinski definition) is 1. The molecule has 0 bridgehead atoms. The lowest BCUT2D eigenvalue weighted by Gasteiger charge is -2.15. The van der Waals surface area contributed by atoms with E-state index in [4.69, 9.17) is 4.74 Å². The smallest absolute Gasteiger partial charge is 0.265 e. The normalized spacial score (nSPS) is 11.8. The number of ether oxygens (including phenoxy) is 1. The summed E-state index contributed by atoms with van der Waals surface area (Å²) < 4.78 is 7.20. The van der Waals surface area contributed by atoms with Crippen molar-refractivity contribution in [2.45, 2.75) is 20.0 Å². The zero-order valence-corrected chi connectivity index (χ0v) is 13.4. The SMILES string of the molecule is Cc1cccc(O[C@@H](C)C(=O)Nc2cccc(-n3cnnn3)c2)c1. The maximum Gasteiger partial charge on any atom is 0.265 e. The molecule has 2 aromatic carbocycles. The number of benzene rings is 2. The van der Waals surface area contributed by atoms with Gasteiger partial charge >= 0.3 is 0 Å². The van der Waals surface area contributed by atoms with Crippen LogP contribution in [0.4, 0.5) is 5.69 Å². The number of tetrazole rings is 1. The van der Waals surface area contributed by atoms with Crippen LogP contribution < -0.4 is 10.1 Å². The standard InChI is InChI=1S/C17H17N5O2/c1-12-5-3-8-16(9-12)24-13(2)17(23)19-14-6-4-7-15(10-14)22-11-18-20-21-22/h3-11,13H,1-2H3,(H,19,23)/t13-/m0/s1. The molecular formula is C17H17N5O2. The van der Waals surface area contributed by atoms with Crippen molar-refractivity contribution in [3.8, 4) is 11.4 Å². The first-order valence-corrected chi connectivity index (χ1v) is 7.49. The first kappa shape index (κ1) is 15.7. The van der Waals surface area contributed by atoms with Gasteiger partial charge < -0.3 is 10.1 Å². The van der Waals surface area contributed by atoms with Gasteiger partial charge in [0, 0.05) is 5.69 Å². The van der Waals surface area contributed by atoms with Gasteiger partial charge in [0.2, 0.25) is 0 Å². The summed E-state index contributed by atoms with van der Waals surface area (Å²) in [5, 5.41) is 13.8. The van der Waals surface area contributed by atoms with Gasteiger partial charge in [0.05, 0.1) is 5.69 Å². The molecule has 0 fully saturated rings.